The van der Waals surface area contributed by atoms with Crippen molar-refractivity contribution >= 4 is 11.8 Å². The van der Waals surface area contributed by atoms with Gasteiger partial charge in [0.1, 0.15) is 0 Å². The Balaban J connectivity index is 2.00. The molecular formula is C13H26OS. The molecule has 1 aliphatic rings. The summed E-state index contributed by atoms with van der Waals surface area (Å²) in [5.41, 5.74) is 0. The second-order valence-electron chi connectivity index (χ2n) is 5.09. The molecular weight excluding hydrogens is 204 g/mol. The molecule has 1 fully saturated rings. The second kappa shape index (κ2) is 7.56. The lowest BCUT2D eigenvalue weighted by Crippen LogP contribution is -2.15. The molecule has 1 aliphatic carbocycles. The van der Waals surface area contributed by atoms with Crippen molar-refractivity contribution in [1.82, 2.24) is 0 Å². The van der Waals surface area contributed by atoms with Gasteiger partial charge in [0.15, 0.2) is 0 Å². The maximum atomic E-state index is 9.87. The molecule has 0 amide bonds. The van der Waals surface area contributed by atoms with E-state index < -0.39 is 0 Å². The summed E-state index contributed by atoms with van der Waals surface area (Å²) in [4.78, 5) is 0. The molecule has 0 aromatic rings. The Morgan fingerprint density at radius 2 is 1.93 bits per heavy atom. The van der Waals surface area contributed by atoms with Crippen LogP contribution in [0.4, 0.5) is 0 Å². The number of rotatable bonds is 7. The molecule has 0 saturated heterocycles. The fourth-order valence-electron chi connectivity index (χ4n) is 2.22. The van der Waals surface area contributed by atoms with Gasteiger partial charge in [-0.25, -0.2) is 0 Å². The van der Waals surface area contributed by atoms with Crippen LogP contribution in [0.25, 0.3) is 0 Å². The molecule has 1 saturated carbocycles. The number of hydrogen-bond acceptors (Lipinski definition) is 2. The first-order valence-corrected chi connectivity index (χ1v) is 7.63. The molecule has 1 rings (SSSR count). The van der Waals surface area contributed by atoms with Gasteiger partial charge in [-0.3, -0.25) is 0 Å². The zero-order valence-corrected chi connectivity index (χ0v) is 11.1. The first-order chi connectivity index (χ1) is 7.22. The summed E-state index contributed by atoms with van der Waals surface area (Å²) in [7, 11) is 0. The van der Waals surface area contributed by atoms with Crippen LogP contribution in [-0.4, -0.2) is 22.7 Å². The van der Waals surface area contributed by atoms with Crippen molar-refractivity contribution in [3.05, 3.63) is 0 Å². The van der Waals surface area contributed by atoms with Gasteiger partial charge in [0.2, 0.25) is 0 Å². The van der Waals surface area contributed by atoms with Gasteiger partial charge in [0, 0.05) is 5.75 Å². The molecule has 90 valence electrons. The molecule has 0 aliphatic heterocycles. The van der Waals surface area contributed by atoms with E-state index in [-0.39, 0.29) is 6.10 Å². The molecule has 1 nitrogen and oxygen atoms in total. The number of thioether (sulfide) groups is 1. The molecule has 0 heterocycles. The molecule has 15 heavy (non-hydrogen) atoms. The molecule has 2 atom stereocenters. The maximum Gasteiger partial charge on any atom is 0.0633 e. The fraction of sp³-hybridized carbons (Fsp3) is 1.00. The molecule has 0 aromatic heterocycles. The van der Waals surface area contributed by atoms with Crippen LogP contribution in [0, 0.1) is 11.8 Å². The Morgan fingerprint density at radius 3 is 2.53 bits per heavy atom. The highest BCUT2D eigenvalue weighted by molar-refractivity contribution is 7.99. The van der Waals surface area contributed by atoms with E-state index in [0.717, 1.165) is 24.0 Å². The van der Waals surface area contributed by atoms with E-state index >= 15 is 0 Å². The molecule has 0 aromatic carbocycles. The van der Waals surface area contributed by atoms with Gasteiger partial charge in [0.05, 0.1) is 6.10 Å². The van der Waals surface area contributed by atoms with Crippen LogP contribution < -0.4 is 0 Å². The van der Waals surface area contributed by atoms with Crippen molar-refractivity contribution in [3.8, 4) is 0 Å². The van der Waals surface area contributed by atoms with Crippen LogP contribution in [0.1, 0.15) is 52.4 Å². The van der Waals surface area contributed by atoms with E-state index in [1.165, 1.54) is 37.9 Å². The van der Waals surface area contributed by atoms with E-state index in [2.05, 4.69) is 13.8 Å². The van der Waals surface area contributed by atoms with Gasteiger partial charge in [-0.15, -0.1) is 0 Å². The van der Waals surface area contributed by atoms with E-state index in [1.54, 1.807) is 0 Å². The van der Waals surface area contributed by atoms with Gasteiger partial charge >= 0.3 is 0 Å². The van der Waals surface area contributed by atoms with Crippen LogP contribution in [0.2, 0.25) is 0 Å². The highest BCUT2D eigenvalue weighted by Gasteiger charge is 2.18. The zero-order chi connectivity index (χ0) is 11.1. The van der Waals surface area contributed by atoms with Crippen LogP contribution in [0.5, 0.6) is 0 Å². The molecule has 0 spiro atoms. The molecule has 0 radical (unpaired) electrons. The van der Waals surface area contributed by atoms with Crippen molar-refractivity contribution < 1.29 is 5.11 Å². The minimum Gasteiger partial charge on any atom is -0.392 e. The van der Waals surface area contributed by atoms with Gasteiger partial charge < -0.3 is 5.11 Å². The minimum atomic E-state index is -0.0536. The van der Waals surface area contributed by atoms with E-state index in [1.807, 2.05) is 11.8 Å². The van der Waals surface area contributed by atoms with Gasteiger partial charge in [0.25, 0.3) is 0 Å². The summed E-state index contributed by atoms with van der Waals surface area (Å²) in [5, 5.41) is 9.87. The molecule has 0 bridgehead atoms. The van der Waals surface area contributed by atoms with Gasteiger partial charge in [-0.1, -0.05) is 46.0 Å². The SMILES string of the molecule is CCC(C)CSCC(O)CC1CCCC1. The predicted octanol–water partition coefficient (Wildman–Crippen LogP) is 3.71. The highest BCUT2D eigenvalue weighted by Crippen LogP contribution is 2.29. The summed E-state index contributed by atoms with van der Waals surface area (Å²) in [6.07, 6.45) is 7.73. The van der Waals surface area contributed by atoms with E-state index in [4.69, 9.17) is 0 Å². The molecule has 2 heteroatoms. The van der Waals surface area contributed by atoms with Crippen molar-refractivity contribution in [2.45, 2.75) is 58.5 Å². The number of hydrogen-bond donors (Lipinski definition) is 1. The number of aliphatic hydroxyl groups is 1. The lowest BCUT2D eigenvalue weighted by atomic mass is 10.0. The van der Waals surface area contributed by atoms with Crippen LogP contribution >= 0.6 is 11.8 Å². The average molecular weight is 230 g/mol. The Morgan fingerprint density at radius 1 is 1.27 bits per heavy atom. The summed E-state index contributed by atoms with van der Waals surface area (Å²) >= 11 is 1.93. The lowest BCUT2D eigenvalue weighted by Gasteiger charge is -2.15. The lowest BCUT2D eigenvalue weighted by molar-refractivity contribution is 0.165. The Kier molecular flexibility index (Phi) is 6.74. The average Bonchev–Trinajstić information content (AvgIpc) is 2.70. The first kappa shape index (κ1) is 13.4. The third-order valence-corrected chi connectivity index (χ3v) is 4.91. The van der Waals surface area contributed by atoms with E-state index in [9.17, 15) is 5.11 Å². The minimum absolute atomic E-state index is 0.0536. The van der Waals surface area contributed by atoms with Gasteiger partial charge in [-0.2, -0.15) is 11.8 Å². The second-order valence-corrected chi connectivity index (χ2v) is 6.17. The highest BCUT2D eigenvalue weighted by atomic mass is 32.2. The molecule has 1 N–H and O–H groups in total. The smallest absolute Gasteiger partial charge is 0.0633 e. The van der Waals surface area contributed by atoms with Crippen molar-refractivity contribution in [1.29, 1.82) is 0 Å². The summed E-state index contributed by atoms with van der Waals surface area (Å²) < 4.78 is 0. The van der Waals surface area contributed by atoms with Gasteiger partial charge in [-0.05, 0) is 24.0 Å². The maximum absolute atomic E-state index is 9.87. The summed E-state index contributed by atoms with van der Waals surface area (Å²) in [6.45, 7) is 4.52. The number of aliphatic hydroxyl groups excluding tert-OH is 1. The van der Waals surface area contributed by atoms with Crippen LogP contribution in [0.3, 0.4) is 0 Å². The van der Waals surface area contributed by atoms with Crippen molar-refractivity contribution in [2.75, 3.05) is 11.5 Å². The first-order valence-electron chi connectivity index (χ1n) is 6.48. The van der Waals surface area contributed by atoms with Crippen LogP contribution in [0.15, 0.2) is 0 Å². The predicted molar refractivity (Wildman–Crippen MR) is 69.4 cm³/mol. The van der Waals surface area contributed by atoms with Crippen molar-refractivity contribution in [3.63, 3.8) is 0 Å². The zero-order valence-electron chi connectivity index (χ0n) is 10.2. The fourth-order valence-corrected chi connectivity index (χ4v) is 3.40. The standard InChI is InChI=1S/C13H26OS/c1-3-11(2)9-15-10-13(14)8-12-6-4-5-7-12/h11-14H,3-10H2,1-2H3. The Hall–Kier alpha value is 0.310. The Bertz CT molecular complexity index is 155. The third kappa shape index (κ3) is 5.82. The van der Waals surface area contributed by atoms with Crippen molar-refractivity contribution in [2.24, 2.45) is 11.8 Å². The quantitative estimate of drug-likeness (QED) is 0.719. The van der Waals surface area contributed by atoms with E-state index in [0.29, 0.717) is 0 Å². The third-order valence-electron chi connectivity index (χ3n) is 3.49. The largest absolute Gasteiger partial charge is 0.392 e. The van der Waals surface area contributed by atoms with Crippen LogP contribution in [-0.2, 0) is 0 Å². The summed E-state index contributed by atoms with van der Waals surface area (Å²) in [6, 6.07) is 0. The summed E-state index contributed by atoms with van der Waals surface area (Å²) in [5.74, 6) is 3.77. The monoisotopic (exact) mass is 230 g/mol. The molecule has 2 unspecified atom stereocenters. The Labute approximate surface area is 99.0 Å². The topological polar surface area (TPSA) is 20.2 Å². The normalized spacial score (nSPS) is 21.8.